The van der Waals surface area contributed by atoms with Gasteiger partial charge in [-0.05, 0) is 36.8 Å². The molecule has 2 amide bonds. The number of urea groups is 1. The lowest BCUT2D eigenvalue weighted by Gasteiger charge is -2.34. The van der Waals surface area contributed by atoms with Crippen molar-refractivity contribution >= 4 is 11.7 Å². The first-order chi connectivity index (χ1) is 10.9. The largest absolute Gasteiger partial charge is 0.393 e. The molecule has 23 heavy (non-hydrogen) atoms. The number of carbonyl (C=O) groups is 1. The topological polar surface area (TPSA) is 32.3 Å². The zero-order chi connectivity index (χ0) is 17.0. The number of para-hydroxylation sites is 1. The standard InChI is InChI=1S/C17H23F3N2O/c1-3-12-7-5-8-13(4-2)15(12)21-16(23)22-10-6-9-14(11-22)17(18,19)20/h5,7-8,14H,3-4,6,9-11H2,1-2H3,(H,21,23)/t14-/m1/s1. The molecule has 0 unspecified atom stereocenters. The van der Waals surface area contributed by atoms with Crippen molar-refractivity contribution in [2.75, 3.05) is 18.4 Å². The van der Waals surface area contributed by atoms with E-state index in [0.29, 0.717) is 13.0 Å². The van der Waals surface area contributed by atoms with E-state index in [4.69, 9.17) is 0 Å². The lowest BCUT2D eigenvalue weighted by Crippen LogP contribution is -2.46. The number of alkyl halides is 3. The maximum atomic E-state index is 12.9. The van der Waals surface area contributed by atoms with Crippen LogP contribution in [-0.2, 0) is 12.8 Å². The second-order valence-corrected chi connectivity index (χ2v) is 5.92. The molecule has 2 rings (SSSR count). The van der Waals surface area contributed by atoms with Crippen molar-refractivity contribution in [2.24, 2.45) is 5.92 Å². The van der Waals surface area contributed by atoms with Crippen molar-refractivity contribution in [1.82, 2.24) is 4.90 Å². The highest BCUT2D eigenvalue weighted by atomic mass is 19.4. The zero-order valence-corrected chi connectivity index (χ0v) is 13.5. The van der Waals surface area contributed by atoms with Crippen LogP contribution < -0.4 is 5.32 Å². The molecule has 6 heteroatoms. The van der Waals surface area contributed by atoms with E-state index in [0.717, 1.165) is 29.7 Å². The summed E-state index contributed by atoms with van der Waals surface area (Å²) in [4.78, 5) is 13.7. The molecule has 0 spiro atoms. The second-order valence-electron chi connectivity index (χ2n) is 5.92. The summed E-state index contributed by atoms with van der Waals surface area (Å²) in [6.45, 7) is 4.09. The Morgan fingerprint density at radius 3 is 2.39 bits per heavy atom. The van der Waals surface area contributed by atoms with E-state index in [9.17, 15) is 18.0 Å². The number of benzene rings is 1. The highest BCUT2D eigenvalue weighted by Gasteiger charge is 2.42. The summed E-state index contributed by atoms with van der Waals surface area (Å²) in [5, 5.41) is 2.84. The first-order valence-corrected chi connectivity index (χ1v) is 8.10. The van der Waals surface area contributed by atoms with Crippen LogP contribution in [0.25, 0.3) is 0 Å². The van der Waals surface area contributed by atoms with Gasteiger partial charge in [0.25, 0.3) is 0 Å². The maximum absolute atomic E-state index is 12.9. The molecule has 1 saturated heterocycles. The summed E-state index contributed by atoms with van der Waals surface area (Å²) in [6.07, 6.45) is -2.25. The van der Waals surface area contributed by atoms with Crippen LogP contribution in [-0.4, -0.2) is 30.2 Å². The van der Waals surface area contributed by atoms with Crippen molar-refractivity contribution in [2.45, 2.75) is 45.7 Å². The Kier molecular flexibility index (Phi) is 5.55. The van der Waals surface area contributed by atoms with Gasteiger partial charge in [-0.15, -0.1) is 0 Å². The van der Waals surface area contributed by atoms with Gasteiger partial charge in [-0.3, -0.25) is 0 Å². The van der Waals surface area contributed by atoms with Gasteiger partial charge in [0.05, 0.1) is 5.92 Å². The Hall–Kier alpha value is -1.72. The number of amides is 2. The minimum Gasteiger partial charge on any atom is -0.324 e. The summed E-state index contributed by atoms with van der Waals surface area (Å²) in [5.74, 6) is -1.42. The van der Waals surface area contributed by atoms with E-state index in [1.165, 1.54) is 4.90 Å². The van der Waals surface area contributed by atoms with E-state index >= 15 is 0 Å². The van der Waals surface area contributed by atoms with Gasteiger partial charge in [0.1, 0.15) is 0 Å². The molecule has 0 aliphatic carbocycles. The molecular formula is C17H23F3N2O. The van der Waals surface area contributed by atoms with Gasteiger partial charge in [0.15, 0.2) is 0 Å². The molecule has 0 bridgehead atoms. The van der Waals surface area contributed by atoms with Gasteiger partial charge < -0.3 is 10.2 Å². The third kappa shape index (κ3) is 4.18. The fourth-order valence-electron chi connectivity index (χ4n) is 3.02. The summed E-state index contributed by atoms with van der Waals surface area (Å²) < 4.78 is 38.7. The Morgan fingerprint density at radius 2 is 1.87 bits per heavy atom. The lowest BCUT2D eigenvalue weighted by atomic mass is 9.98. The fraction of sp³-hybridized carbons (Fsp3) is 0.588. The fourth-order valence-corrected chi connectivity index (χ4v) is 3.02. The number of carbonyl (C=O) groups excluding carboxylic acids is 1. The summed E-state index contributed by atoms with van der Waals surface area (Å²) in [6, 6.07) is 5.37. The number of hydrogen-bond acceptors (Lipinski definition) is 1. The summed E-state index contributed by atoms with van der Waals surface area (Å²) in [7, 11) is 0. The number of likely N-dealkylation sites (tertiary alicyclic amines) is 1. The molecule has 1 aliphatic heterocycles. The minimum absolute atomic E-state index is 0.0963. The molecule has 0 aromatic heterocycles. The Labute approximate surface area is 134 Å². The average Bonchev–Trinajstić information content (AvgIpc) is 2.54. The van der Waals surface area contributed by atoms with Crippen molar-refractivity contribution in [3.8, 4) is 0 Å². The highest BCUT2D eigenvalue weighted by molar-refractivity contribution is 5.91. The van der Waals surface area contributed by atoms with Crippen molar-refractivity contribution in [1.29, 1.82) is 0 Å². The van der Waals surface area contributed by atoms with E-state index in [1.807, 2.05) is 32.0 Å². The van der Waals surface area contributed by atoms with Gasteiger partial charge in [-0.1, -0.05) is 32.0 Å². The van der Waals surface area contributed by atoms with Crippen LogP contribution in [0.4, 0.5) is 23.7 Å². The number of anilines is 1. The molecule has 0 radical (unpaired) electrons. The summed E-state index contributed by atoms with van der Waals surface area (Å²) >= 11 is 0. The first-order valence-electron chi connectivity index (χ1n) is 8.10. The average molecular weight is 328 g/mol. The molecule has 0 saturated carbocycles. The predicted molar refractivity (Wildman–Crippen MR) is 84.6 cm³/mol. The van der Waals surface area contributed by atoms with Gasteiger partial charge in [0, 0.05) is 18.8 Å². The Bertz CT molecular complexity index is 535. The molecule has 1 aromatic rings. The van der Waals surface area contributed by atoms with Gasteiger partial charge in [-0.2, -0.15) is 13.2 Å². The Balaban J connectivity index is 2.13. The van der Waals surface area contributed by atoms with Crippen LogP contribution in [0.15, 0.2) is 18.2 Å². The number of nitrogens with zero attached hydrogens (tertiary/aromatic N) is 1. The molecule has 1 N–H and O–H groups in total. The minimum atomic E-state index is -4.24. The van der Waals surface area contributed by atoms with Crippen LogP contribution in [0.5, 0.6) is 0 Å². The van der Waals surface area contributed by atoms with Gasteiger partial charge >= 0.3 is 12.2 Å². The second kappa shape index (κ2) is 7.23. The van der Waals surface area contributed by atoms with Gasteiger partial charge in [0.2, 0.25) is 0 Å². The smallest absolute Gasteiger partial charge is 0.324 e. The third-order valence-electron chi connectivity index (χ3n) is 4.40. The molecule has 128 valence electrons. The number of rotatable bonds is 3. The van der Waals surface area contributed by atoms with Crippen LogP contribution in [0, 0.1) is 5.92 Å². The normalized spacial score (nSPS) is 18.8. The van der Waals surface area contributed by atoms with Gasteiger partial charge in [-0.25, -0.2) is 4.79 Å². The van der Waals surface area contributed by atoms with E-state index in [1.54, 1.807) is 0 Å². The molecule has 1 aromatic carbocycles. The van der Waals surface area contributed by atoms with Crippen LogP contribution in [0.2, 0.25) is 0 Å². The molecule has 1 heterocycles. The highest BCUT2D eigenvalue weighted by Crippen LogP contribution is 2.33. The number of nitrogens with one attached hydrogen (secondary N) is 1. The SMILES string of the molecule is CCc1cccc(CC)c1NC(=O)N1CCC[C@@H](C(F)(F)F)C1. The third-order valence-corrected chi connectivity index (χ3v) is 4.40. The van der Waals surface area contributed by atoms with Crippen molar-refractivity contribution < 1.29 is 18.0 Å². The summed E-state index contributed by atoms with van der Waals surface area (Å²) in [5.41, 5.74) is 2.75. The quantitative estimate of drug-likeness (QED) is 0.863. The maximum Gasteiger partial charge on any atom is 0.393 e. The lowest BCUT2D eigenvalue weighted by molar-refractivity contribution is -0.183. The van der Waals surface area contributed by atoms with Crippen LogP contribution in [0.3, 0.4) is 0 Å². The molecule has 1 atom stereocenters. The molecule has 1 fully saturated rings. The van der Waals surface area contributed by atoms with Crippen molar-refractivity contribution in [3.63, 3.8) is 0 Å². The first kappa shape index (κ1) is 17.6. The molecular weight excluding hydrogens is 305 g/mol. The predicted octanol–water partition coefficient (Wildman–Crippen LogP) is 4.62. The number of piperidine rings is 1. The van der Waals surface area contributed by atoms with Crippen LogP contribution in [0.1, 0.15) is 37.8 Å². The number of hydrogen-bond donors (Lipinski definition) is 1. The molecule has 1 aliphatic rings. The number of aryl methyl sites for hydroxylation is 2. The van der Waals surface area contributed by atoms with E-state index < -0.39 is 18.1 Å². The Morgan fingerprint density at radius 1 is 1.26 bits per heavy atom. The zero-order valence-electron chi connectivity index (χ0n) is 13.5. The van der Waals surface area contributed by atoms with Crippen LogP contribution >= 0.6 is 0 Å². The molecule has 3 nitrogen and oxygen atoms in total. The van der Waals surface area contributed by atoms with E-state index in [-0.39, 0.29) is 13.0 Å². The number of halogens is 3. The van der Waals surface area contributed by atoms with Crippen molar-refractivity contribution in [3.05, 3.63) is 29.3 Å². The van der Waals surface area contributed by atoms with E-state index in [2.05, 4.69) is 5.32 Å². The monoisotopic (exact) mass is 328 g/mol.